The number of hydrogen-bond donors (Lipinski definition) is 1. The minimum absolute atomic E-state index is 0.253. The molecular weight excluding hydrogens is 276 g/mol. The van der Waals surface area contributed by atoms with Crippen molar-refractivity contribution in [1.82, 2.24) is 5.01 Å². The molecule has 8 nitrogen and oxygen atoms in total. The van der Waals surface area contributed by atoms with E-state index in [0.29, 0.717) is 0 Å². The lowest BCUT2D eigenvalue weighted by Gasteiger charge is -2.39. The first-order chi connectivity index (χ1) is 9.90. The first-order valence-electron chi connectivity index (χ1n) is 6.88. The molecule has 1 heterocycles. The number of anilines is 1. The molecule has 1 fully saturated rings. The number of non-ortho nitro benzene ring substituents is 1. The molecule has 1 aliphatic heterocycles. The minimum atomic E-state index is -0.636. The number of benzene rings is 1. The average molecular weight is 294 g/mol. The van der Waals surface area contributed by atoms with E-state index in [0.717, 1.165) is 25.3 Å². The molecule has 1 aromatic rings. The second-order valence-corrected chi connectivity index (χ2v) is 5.36. The van der Waals surface area contributed by atoms with Gasteiger partial charge in [0, 0.05) is 18.2 Å². The first kappa shape index (κ1) is 15.2. The average Bonchev–Trinajstić information content (AvgIpc) is 2.42. The highest BCUT2D eigenvalue weighted by molar-refractivity contribution is 5.64. The van der Waals surface area contributed by atoms with Crippen LogP contribution >= 0.6 is 0 Å². The summed E-state index contributed by atoms with van der Waals surface area (Å²) in [6.07, 6.45) is 3.15. The third kappa shape index (κ3) is 3.27. The Morgan fingerprint density at radius 3 is 2.29 bits per heavy atom. The zero-order valence-corrected chi connectivity index (χ0v) is 12.0. The molecule has 2 rings (SSSR count). The van der Waals surface area contributed by atoms with E-state index >= 15 is 0 Å². The van der Waals surface area contributed by atoms with Crippen LogP contribution in [0, 0.1) is 20.2 Å². The largest absolute Gasteiger partial charge is 0.312 e. The van der Waals surface area contributed by atoms with Gasteiger partial charge in [-0.2, -0.15) is 0 Å². The van der Waals surface area contributed by atoms with Crippen LogP contribution in [0.3, 0.4) is 0 Å². The van der Waals surface area contributed by atoms with E-state index in [9.17, 15) is 20.2 Å². The van der Waals surface area contributed by atoms with Crippen molar-refractivity contribution >= 4 is 17.1 Å². The highest BCUT2D eigenvalue weighted by atomic mass is 16.6. The standard InChI is InChI=1S/C13H18N4O4/c1-9-4-3-5-10(2)15(9)14-12-7-6-11(16(18)19)8-13(12)17(20)21/h6-10,14H,3-5H2,1-2H3. The number of hydrazine groups is 1. The normalized spacial score (nSPS) is 22.8. The molecular formula is C13H18N4O4. The summed E-state index contributed by atoms with van der Waals surface area (Å²) in [5.41, 5.74) is 2.78. The zero-order chi connectivity index (χ0) is 15.6. The molecule has 1 N–H and O–H groups in total. The maximum atomic E-state index is 11.1. The van der Waals surface area contributed by atoms with Crippen LogP contribution in [0.25, 0.3) is 0 Å². The fourth-order valence-corrected chi connectivity index (χ4v) is 2.66. The minimum Gasteiger partial charge on any atom is -0.312 e. The van der Waals surface area contributed by atoms with Crippen molar-refractivity contribution in [3.05, 3.63) is 38.4 Å². The molecule has 114 valence electrons. The number of nitrogens with zero attached hydrogens (tertiary/aromatic N) is 3. The number of piperidine rings is 1. The maximum absolute atomic E-state index is 11.1. The summed E-state index contributed by atoms with van der Waals surface area (Å²) in [6.45, 7) is 4.11. The monoisotopic (exact) mass is 294 g/mol. The molecule has 0 aliphatic carbocycles. The lowest BCUT2D eigenvalue weighted by Crippen LogP contribution is -2.47. The van der Waals surface area contributed by atoms with Crippen molar-refractivity contribution in [2.24, 2.45) is 0 Å². The summed E-state index contributed by atoms with van der Waals surface area (Å²) < 4.78 is 0. The summed E-state index contributed by atoms with van der Waals surface area (Å²) in [7, 11) is 0. The Kier molecular flexibility index (Phi) is 4.37. The molecule has 0 bridgehead atoms. The molecule has 1 saturated heterocycles. The Morgan fingerprint density at radius 2 is 1.76 bits per heavy atom. The number of nitrogens with one attached hydrogen (secondary N) is 1. The van der Waals surface area contributed by atoms with Crippen molar-refractivity contribution in [3.8, 4) is 0 Å². The molecule has 0 amide bonds. The van der Waals surface area contributed by atoms with Gasteiger partial charge in [-0.25, -0.2) is 5.01 Å². The van der Waals surface area contributed by atoms with Gasteiger partial charge in [0.15, 0.2) is 0 Å². The third-order valence-electron chi connectivity index (χ3n) is 3.83. The van der Waals surface area contributed by atoms with Gasteiger partial charge in [0.05, 0.1) is 15.9 Å². The molecule has 0 radical (unpaired) electrons. The quantitative estimate of drug-likeness (QED) is 0.676. The summed E-state index contributed by atoms with van der Waals surface area (Å²) in [6, 6.07) is 4.16. The van der Waals surface area contributed by atoms with E-state index in [4.69, 9.17) is 0 Å². The van der Waals surface area contributed by atoms with Crippen LogP contribution in [0.4, 0.5) is 17.1 Å². The van der Waals surface area contributed by atoms with Gasteiger partial charge in [-0.3, -0.25) is 20.2 Å². The van der Waals surface area contributed by atoms with Gasteiger partial charge in [0.25, 0.3) is 5.69 Å². The van der Waals surface area contributed by atoms with E-state index in [1.807, 2.05) is 5.01 Å². The summed E-state index contributed by atoms with van der Waals surface area (Å²) in [4.78, 5) is 20.6. The molecule has 2 atom stereocenters. The van der Waals surface area contributed by atoms with Gasteiger partial charge >= 0.3 is 5.69 Å². The predicted octanol–water partition coefficient (Wildman–Crippen LogP) is 3.09. The molecule has 1 aliphatic rings. The Bertz CT molecular complexity index is 553. The molecule has 0 aromatic heterocycles. The second-order valence-electron chi connectivity index (χ2n) is 5.36. The molecule has 0 spiro atoms. The van der Waals surface area contributed by atoms with Crippen molar-refractivity contribution in [2.45, 2.75) is 45.2 Å². The molecule has 21 heavy (non-hydrogen) atoms. The van der Waals surface area contributed by atoms with Crippen LogP contribution in [0.15, 0.2) is 18.2 Å². The highest BCUT2D eigenvalue weighted by Crippen LogP contribution is 2.31. The number of nitro groups is 2. The van der Waals surface area contributed by atoms with Crippen molar-refractivity contribution in [1.29, 1.82) is 0 Å². The van der Waals surface area contributed by atoms with Gasteiger partial charge in [0.2, 0.25) is 0 Å². The Labute approximate surface area is 122 Å². The number of nitro benzene ring substituents is 2. The van der Waals surface area contributed by atoms with Gasteiger partial charge in [-0.15, -0.1) is 0 Å². The highest BCUT2D eigenvalue weighted by Gasteiger charge is 2.27. The number of hydrogen-bond acceptors (Lipinski definition) is 6. The number of rotatable bonds is 4. The van der Waals surface area contributed by atoms with Crippen molar-refractivity contribution in [2.75, 3.05) is 5.43 Å². The summed E-state index contributed by atoms with van der Waals surface area (Å²) in [5.74, 6) is 0. The van der Waals surface area contributed by atoms with E-state index < -0.39 is 9.85 Å². The van der Waals surface area contributed by atoms with Crippen molar-refractivity contribution in [3.63, 3.8) is 0 Å². The van der Waals surface area contributed by atoms with Gasteiger partial charge in [-0.05, 0) is 32.8 Å². The summed E-state index contributed by atoms with van der Waals surface area (Å²) in [5, 5.41) is 23.8. The van der Waals surface area contributed by atoms with E-state index in [-0.39, 0.29) is 29.1 Å². The lowest BCUT2D eigenvalue weighted by molar-refractivity contribution is -0.393. The van der Waals surface area contributed by atoms with Crippen molar-refractivity contribution < 1.29 is 9.85 Å². The molecule has 0 saturated carbocycles. The predicted molar refractivity (Wildman–Crippen MR) is 78.0 cm³/mol. The summed E-state index contributed by atoms with van der Waals surface area (Å²) >= 11 is 0. The third-order valence-corrected chi connectivity index (χ3v) is 3.83. The first-order valence-corrected chi connectivity index (χ1v) is 6.88. The van der Waals surface area contributed by atoms with Crippen LogP contribution in [0.5, 0.6) is 0 Å². The van der Waals surface area contributed by atoms with E-state index in [1.165, 1.54) is 12.1 Å². The molecule has 2 unspecified atom stereocenters. The Morgan fingerprint density at radius 1 is 1.14 bits per heavy atom. The van der Waals surface area contributed by atoms with Gasteiger partial charge in [-0.1, -0.05) is 6.42 Å². The lowest BCUT2D eigenvalue weighted by atomic mass is 10.00. The van der Waals surface area contributed by atoms with Crippen LogP contribution in [0.1, 0.15) is 33.1 Å². The smallest absolute Gasteiger partial charge is 0.300 e. The fraction of sp³-hybridized carbons (Fsp3) is 0.538. The van der Waals surface area contributed by atoms with E-state index in [2.05, 4.69) is 19.3 Å². The molecule has 1 aromatic carbocycles. The van der Waals surface area contributed by atoms with Crippen LogP contribution in [-0.4, -0.2) is 26.9 Å². The Balaban J connectivity index is 2.30. The second kappa shape index (κ2) is 6.04. The van der Waals surface area contributed by atoms with Crippen LogP contribution in [-0.2, 0) is 0 Å². The van der Waals surface area contributed by atoms with Crippen LogP contribution < -0.4 is 5.43 Å². The van der Waals surface area contributed by atoms with E-state index in [1.54, 1.807) is 0 Å². The fourth-order valence-electron chi connectivity index (χ4n) is 2.66. The topological polar surface area (TPSA) is 102 Å². The Hall–Kier alpha value is -2.22. The SMILES string of the molecule is CC1CCCC(C)N1Nc1ccc([N+](=O)[O-])cc1[N+](=O)[O-]. The van der Waals surface area contributed by atoms with Crippen LogP contribution in [0.2, 0.25) is 0 Å². The van der Waals surface area contributed by atoms with Gasteiger partial charge < -0.3 is 5.43 Å². The molecule has 8 heteroatoms. The zero-order valence-electron chi connectivity index (χ0n) is 12.0. The van der Waals surface area contributed by atoms with Gasteiger partial charge in [0.1, 0.15) is 5.69 Å². The maximum Gasteiger partial charge on any atom is 0.300 e.